The van der Waals surface area contributed by atoms with Crippen molar-refractivity contribution in [2.45, 2.75) is 26.7 Å². The number of carbonyl (C=O) groups is 2. The summed E-state index contributed by atoms with van der Waals surface area (Å²) in [7, 11) is 0. The highest BCUT2D eigenvalue weighted by molar-refractivity contribution is 5.78. The summed E-state index contributed by atoms with van der Waals surface area (Å²) in [5.41, 5.74) is -0.980. The maximum Gasteiger partial charge on any atom is 0.309 e. The lowest BCUT2D eigenvalue weighted by atomic mass is 9.88. The zero-order chi connectivity index (χ0) is 12.1. The minimum absolute atomic E-state index is 0.0135. The van der Waals surface area contributed by atoms with Gasteiger partial charge < -0.3 is 15.3 Å². The largest absolute Gasteiger partial charge is 0.481 e. The lowest BCUT2D eigenvalue weighted by molar-refractivity contribution is -0.148. The SMILES string of the molecule is CC(C)(CCC(=O)N(CO)CO)C(=O)O. The summed E-state index contributed by atoms with van der Waals surface area (Å²) in [6.07, 6.45) is 0.151. The number of aliphatic carboxylic acids is 1. The third kappa shape index (κ3) is 4.26. The van der Waals surface area contributed by atoms with Crippen LogP contribution in [0.25, 0.3) is 0 Å². The Bertz CT molecular complexity index is 235. The molecule has 0 aromatic carbocycles. The van der Waals surface area contributed by atoms with Gasteiger partial charge in [-0.2, -0.15) is 0 Å². The van der Waals surface area contributed by atoms with Crippen molar-refractivity contribution >= 4 is 11.9 Å². The average molecular weight is 219 g/mol. The summed E-state index contributed by atoms with van der Waals surface area (Å²) in [5.74, 6) is -1.44. The smallest absolute Gasteiger partial charge is 0.309 e. The second-order valence-corrected chi connectivity index (χ2v) is 3.91. The Balaban J connectivity index is 4.16. The van der Waals surface area contributed by atoms with Crippen molar-refractivity contribution in [3.8, 4) is 0 Å². The molecule has 1 amide bonds. The first-order valence-corrected chi connectivity index (χ1v) is 4.58. The first kappa shape index (κ1) is 13.9. The number of amides is 1. The number of aliphatic hydroxyl groups excluding tert-OH is 2. The van der Waals surface area contributed by atoms with Crippen molar-refractivity contribution in [2.24, 2.45) is 5.41 Å². The van der Waals surface area contributed by atoms with Crippen LogP contribution in [-0.2, 0) is 9.59 Å². The zero-order valence-electron chi connectivity index (χ0n) is 8.93. The molecule has 0 rings (SSSR count). The van der Waals surface area contributed by atoms with Gasteiger partial charge in [0.25, 0.3) is 0 Å². The van der Waals surface area contributed by atoms with E-state index >= 15 is 0 Å². The van der Waals surface area contributed by atoms with Crippen LogP contribution >= 0.6 is 0 Å². The number of nitrogens with zero attached hydrogens (tertiary/aromatic N) is 1. The van der Waals surface area contributed by atoms with Crippen molar-refractivity contribution in [3.05, 3.63) is 0 Å². The van der Waals surface area contributed by atoms with Gasteiger partial charge in [0.2, 0.25) is 5.91 Å². The lowest BCUT2D eigenvalue weighted by Crippen LogP contribution is -2.34. The monoisotopic (exact) mass is 219 g/mol. The Hall–Kier alpha value is -1.14. The van der Waals surface area contributed by atoms with Crippen molar-refractivity contribution in [1.82, 2.24) is 4.90 Å². The van der Waals surface area contributed by atoms with Crippen molar-refractivity contribution in [1.29, 1.82) is 0 Å². The summed E-state index contributed by atoms with van der Waals surface area (Å²) < 4.78 is 0. The van der Waals surface area contributed by atoms with Crippen molar-refractivity contribution in [2.75, 3.05) is 13.5 Å². The molecule has 88 valence electrons. The molecule has 0 aliphatic rings. The van der Waals surface area contributed by atoms with Crippen LogP contribution in [0, 0.1) is 5.41 Å². The van der Waals surface area contributed by atoms with Crippen LogP contribution in [0.4, 0.5) is 0 Å². The number of carboxylic acids is 1. The van der Waals surface area contributed by atoms with Crippen LogP contribution in [0.5, 0.6) is 0 Å². The van der Waals surface area contributed by atoms with E-state index in [1.54, 1.807) is 0 Å². The van der Waals surface area contributed by atoms with Gasteiger partial charge in [-0.1, -0.05) is 0 Å². The maximum atomic E-state index is 11.3. The topological polar surface area (TPSA) is 98.1 Å². The first-order valence-electron chi connectivity index (χ1n) is 4.58. The van der Waals surface area contributed by atoms with E-state index in [0.29, 0.717) is 0 Å². The van der Waals surface area contributed by atoms with E-state index in [9.17, 15) is 9.59 Å². The molecule has 6 heteroatoms. The van der Waals surface area contributed by atoms with Gasteiger partial charge in [-0.15, -0.1) is 0 Å². The van der Waals surface area contributed by atoms with Gasteiger partial charge in [0.05, 0.1) is 5.41 Å². The van der Waals surface area contributed by atoms with E-state index in [-0.39, 0.29) is 12.8 Å². The third-order valence-corrected chi connectivity index (χ3v) is 2.24. The van der Waals surface area contributed by atoms with E-state index in [4.69, 9.17) is 15.3 Å². The van der Waals surface area contributed by atoms with E-state index in [1.807, 2.05) is 0 Å². The molecule has 0 saturated carbocycles. The molecular formula is C9H17NO5. The van der Waals surface area contributed by atoms with Gasteiger partial charge in [-0.25, -0.2) is 0 Å². The molecule has 0 aromatic rings. The van der Waals surface area contributed by atoms with Gasteiger partial charge in [0.1, 0.15) is 13.5 Å². The van der Waals surface area contributed by atoms with Crippen molar-refractivity contribution < 1.29 is 24.9 Å². The molecule has 0 heterocycles. The summed E-state index contributed by atoms with van der Waals surface area (Å²) in [5, 5.41) is 26.1. The maximum absolute atomic E-state index is 11.3. The highest BCUT2D eigenvalue weighted by Gasteiger charge is 2.28. The molecule has 0 aliphatic carbocycles. The fraction of sp³-hybridized carbons (Fsp3) is 0.778. The Morgan fingerprint density at radius 3 is 2.00 bits per heavy atom. The van der Waals surface area contributed by atoms with Crippen LogP contribution in [0.15, 0.2) is 0 Å². The number of hydrogen-bond donors (Lipinski definition) is 3. The zero-order valence-corrected chi connectivity index (χ0v) is 8.93. The van der Waals surface area contributed by atoms with Crippen LogP contribution in [-0.4, -0.2) is 45.6 Å². The average Bonchev–Trinajstić information content (AvgIpc) is 2.16. The van der Waals surface area contributed by atoms with E-state index < -0.39 is 30.8 Å². The van der Waals surface area contributed by atoms with E-state index in [0.717, 1.165) is 4.90 Å². The third-order valence-electron chi connectivity index (χ3n) is 2.24. The molecule has 6 nitrogen and oxygen atoms in total. The molecule has 15 heavy (non-hydrogen) atoms. The van der Waals surface area contributed by atoms with Crippen LogP contribution in [0.2, 0.25) is 0 Å². The van der Waals surface area contributed by atoms with Gasteiger partial charge >= 0.3 is 5.97 Å². The molecule has 0 saturated heterocycles. The fourth-order valence-corrected chi connectivity index (χ4v) is 0.887. The fourth-order valence-electron chi connectivity index (χ4n) is 0.887. The Labute approximate surface area is 88.1 Å². The molecule has 0 aromatic heterocycles. The van der Waals surface area contributed by atoms with Gasteiger partial charge in [0.15, 0.2) is 0 Å². The number of carboxylic acid groups (broad SMARTS) is 1. The number of carbonyl (C=O) groups excluding carboxylic acids is 1. The highest BCUT2D eigenvalue weighted by Crippen LogP contribution is 2.22. The summed E-state index contributed by atoms with van der Waals surface area (Å²) in [6.45, 7) is 1.90. The van der Waals surface area contributed by atoms with E-state index in [2.05, 4.69) is 0 Å². The molecule has 0 bridgehead atoms. The normalized spacial score (nSPS) is 11.2. The van der Waals surface area contributed by atoms with Crippen LogP contribution in [0.3, 0.4) is 0 Å². The van der Waals surface area contributed by atoms with Crippen LogP contribution < -0.4 is 0 Å². The number of aliphatic hydroxyl groups is 2. The van der Waals surface area contributed by atoms with Gasteiger partial charge in [-0.3, -0.25) is 14.5 Å². The first-order chi connectivity index (χ1) is 6.85. The Kier molecular flexibility index (Phi) is 5.24. The number of hydrogen-bond acceptors (Lipinski definition) is 4. The Morgan fingerprint density at radius 1 is 1.20 bits per heavy atom. The molecule has 0 aliphatic heterocycles. The van der Waals surface area contributed by atoms with Gasteiger partial charge in [0, 0.05) is 6.42 Å². The molecule has 3 N–H and O–H groups in total. The predicted octanol–water partition coefficient (Wildman–Crippen LogP) is -0.394. The minimum Gasteiger partial charge on any atom is -0.481 e. The highest BCUT2D eigenvalue weighted by atomic mass is 16.4. The molecule has 0 fully saturated rings. The van der Waals surface area contributed by atoms with Crippen molar-refractivity contribution in [3.63, 3.8) is 0 Å². The molecule has 0 spiro atoms. The summed E-state index contributed by atoms with van der Waals surface area (Å²) in [6, 6.07) is 0. The molecule has 0 unspecified atom stereocenters. The lowest BCUT2D eigenvalue weighted by Gasteiger charge is -2.21. The number of rotatable bonds is 6. The standard InChI is InChI=1S/C9H17NO5/c1-9(2,8(14)15)4-3-7(13)10(5-11)6-12/h11-12H,3-6H2,1-2H3,(H,14,15). The molecule has 0 atom stereocenters. The summed E-state index contributed by atoms with van der Waals surface area (Å²) in [4.78, 5) is 22.8. The molecule has 0 radical (unpaired) electrons. The second-order valence-electron chi connectivity index (χ2n) is 3.91. The second kappa shape index (κ2) is 5.67. The van der Waals surface area contributed by atoms with Gasteiger partial charge in [-0.05, 0) is 20.3 Å². The van der Waals surface area contributed by atoms with E-state index in [1.165, 1.54) is 13.8 Å². The molecular weight excluding hydrogens is 202 g/mol. The summed E-state index contributed by atoms with van der Waals surface area (Å²) >= 11 is 0. The predicted molar refractivity (Wildman–Crippen MR) is 51.7 cm³/mol. The van der Waals surface area contributed by atoms with Crippen LogP contribution in [0.1, 0.15) is 26.7 Å². The Morgan fingerprint density at radius 2 is 1.67 bits per heavy atom. The quantitative estimate of drug-likeness (QED) is 0.528. The minimum atomic E-state index is -0.980.